The average molecular weight is 364 g/mol. The normalized spacial score (nSPS) is 14.0. The molecule has 0 saturated carbocycles. The van der Waals surface area contributed by atoms with E-state index in [2.05, 4.69) is 15.5 Å². The number of halogens is 2. The van der Waals surface area contributed by atoms with E-state index in [0.717, 1.165) is 16.0 Å². The zero-order valence-electron chi connectivity index (χ0n) is 11.8. The van der Waals surface area contributed by atoms with E-state index in [1.54, 1.807) is 42.5 Å². The van der Waals surface area contributed by atoms with Gasteiger partial charge in [0.15, 0.2) is 0 Å². The molecule has 3 rings (SSSR count). The SMILES string of the molecule is O=C(N/N=C/C1=C(Cl)c2cc(Cl)ccc2SC1)c1ccncc1. The number of rotatable bonds is 3. The molecule has 1 aromatic carbocycles. The van der Waals surface area contributed by atoms with Gasteiger partial charge in [0.05, 0.1) is 11.2 Å². The fourth-order valence-electron chi connectivity index (χ4n) is 2.02. The van der Waals surface area contributed by atoms with Gasteiger partial charge in [0, 0.05) is 44.8 Å². The third-order valence-electron chi connectivity index (χ3n) is 3.17. The van der Waals surface area contributed by atoms with Crippen LogP contribution >= 0.6 is 35.0 Å². The van der Waals surface area contributed by atoms with Crippen LogP contribution in [0.4, 0.5) is 0 Å². The van der Waals surface area contributed by atoms with Crippen LogP contribution in [0.2, 0.25) is 5.02 Å². The predicted octanol–water partition coefficient (Wildman–Crippen LogP) is 4.21. The zero-order valence-corrected chi connectivity index (χ0v) is 14.1. The van der Waals surface area contributed by atoms with Crippen LogP contribution in [-0.2, 0) is 0 Å². The molecule has 23 heavy (non-hydrogen) atoms. The second-order valence-corrected chi connectivity index (χ2v) is 6.53. The van der Waals surface area contributed by atoms with Crippen LogP contribution in [0, 0.1) is 0 Å². The minimum Gasteiger partial charge on any atom is -0.267 e. The number of hydrogen-bond acceptors (Lipinski definition) is 4. The van der Waals surface area contributed by atoms with Crippen molar-refractivity contribution in [1.82, 2.24) is 10.4 Å². The molecular weight excluding hydrogens is 353 g/mol. The molecule has 0 fully saturated rings. The number of hydrogen-bond donors (Lipinski definition) is 1. The van der Waals surface area contributed by atoms with Gasteiger partial charge in [-0.3, -0.25) is 9.78 Å². The lowest BCUT2D eigenvalue weighted by atomic mass is 10.1. The van der Waals surface area contributed by atoms with Crippen LogP contribution in [0.3, 0.4) is 0 Å². The molecule has 2 heterocycles. The van der Waals surface area contributed by atoms with Gasteiger partial charge in [-0.15, -0.1) is 11.8 Å². The highest BCUT2D eigenvalue weighted by Gasteiger charge is 2.17. The molecule has 1 N–H and O–H groups in total. The van der Waals surface area contributed by atoms with Crippen LogP contribution < -0.4 is 5.43 Å². The van der Waals surface area contributed by atoms with Crippen LogP contribution in [-0.4, -0.2) is 22.9 Å². The molecule has 4 nitrogen and oxygen atoms in total. The summed E-state index contributed by atoms with van der Waals surface area (Å²) in [5, 5.41) is 5.21. The van der Waals surface area contributed by atoms with Gasteiger partial charge >= 0.3 is 0 Å². The van der Waals surface area contributed by atoms with E-state index in [1.165, 1.54) is 0 Å². The van der Waals surface area contributed by atoms with Crippen LogP contribution in [0.1, 0.15) is 15.9 Å². The predicted molar refractivity (Wildman–Crippen MR) is 95.1 cm³/mol. The van der Waals surface area contributed by atoms with Crippen molar-refractivity contribution in [1.29, 1.82) is 0 Å². The summed E-state index contributed by atoms with van der Waals surface area (Å²) in [6.07, 6.45) is 4.67. The van der Waals surface area contributed by atoms with Gasteiger partial charge in [-0.05, 0) is 30.3 Å². The number of nitrogens with one attached hydrogen (secondary N) is 1. The van der Waals surface area contributed by atoms with Crippen LogP contribution in [0.5, 0.6) is 0 Å². The minimum atomic E-state index is -0.299. The van der Waals surface area contributed by atoms with E-state index >= 15 is 0 Å². The van der Waals surface area contributed by atoms with Gasteiger partial charge in [0.2, 0.25) is 0 Å². The highest BCUT2D eigenvalue weighted by molar-refractivity contribution is 7.99. The maximum absolute atomic E-state index is 11.9. The summed E-state index contributed by atoms with van der Waals surface area (Å²) in [5.74, 6) is 0.384. The van der Waals surface area contributed by atoms with E-state index in [1.807, 2.05) is 18.2 Å². The van der Waals surface area contributed by atoms with Gasteiger partial charge in [0.25, 0.3) is 5.91 Å². The maximum atomic E-state index is 11.9. The van der Waals surface area contributed by atoms with Crippen molar-refractivity contribution >= 4 is 52.1 Å². The van der Waals surface area contributed by atoms with Gasteiger partial charge in [-0.1, -0.05) is 23.2 Å². The van der Waals surface area contributed by atoms with Gasteiger partial charge in [-0.2, -0.15) is 5.10 Å². The fourth-order valence-corrected chi connectivity index (χ4v) is 3.61. The van der Waals surface area contributed by atoms with Gasteiger partial charge in [0.1, 0.15) is 0 Å². The number of carbonyl (C=O) groups is 1. The second kappa shape index (κ2) is 7.17. The van der Waals surface area contributed by atoms with Crippen molar-refractivity contribution in [2.24, 2.45) is 5.10 Å². The number of pyridine rings is 1. The minimum absolute atomic E-state index is 0.299. The van der Waals surface area contributed by atoms with Crippen molar-refractivity contribution < 1.29 is 4.79 Å². The largest absolute Gasteiger partial charge is 0.271 e. The molecule has 0 spiro atoms. The Morgan fingerprint density at radius 1 is 1.26 bits per heavy atom. The van der Waals surface area contributed by atoms with Gasteiger partial charge in [-0.25, -0.2) is 5.43 Å². The summed E-state index contributed by atoms with van der Waals surface area (Å²) < 4.78 is 0. The molecule has 0 unspecified atom stereocenters. The highest BCUT2D eigenvalue weighted by atomic mass is 35.5. The molecule has 7 heteroatoms. The monoisotopic (exact) mass is 363 g/mol. The van der Waals surface area contributed by atoms with Crippen molar-refractivity contribution in [3.63, 3.8) is 0 Å². The summed E-state index contributed by atoms with van der Waals surface area (Å²) in [7, 11) is 0. The van der Waals surface area contributed by atoms with E-state index in [-0.39, 0.29) is 5.91 Å². The average Bonchev–Trinajstić information content (AvgIpc) is 2.58. The Morgan fingerprint density at radius 2 is 2.04 bits per heavy atom. The lowest BCUT2D eigenvalue weighted by Crippen LogP contribution is -2.18. The fraction of sp³-hybridized carbons (Fsp3) is 0.0625. The van der Waals surface area contributed by atoms with Crippen LogP contribution in [0.25, 0.3) is 5.03 Å². The van der Waals surface area contributed by atoms with Crippen molar-refractivity contribution in [2.45, 2.75) is 4.90 Å². The summed E-state index contributed by atoms with van der Waals surface area (Å²) in [6.45, 7) is 0. The number of thioether (sulfide) groups is 1. The first-order chi connectivity index (χ1) is 11.1. The first kappa shape index (κ1) is 16.1. The smallest absolute Gasteiger partial charge is 0.267 e. The van der Waals surface area contributed by atoms with E-state index in [0.29, 0.717) is 21.4 Å². The Bertz CT molecular complexity index is 806. The molecular formula is C16H11Cl2N3OS. The first-order valence-electron chi connectivity index (χ1n) is 6.70. The van der Waals surface area contributed by atoms with Crippen LogP contribution in [0.15, 0.2) is 58.3 Å². The lowest BCUT2D eigenvalue weighted by molar-refractivity contribution is 0.0955. The summed E-state index contributed by atoms with van der Waals surface area (Å²) >= 11 is 14.1. The number of fused-ring (bicyclic) bond motifs is 1. The summed E-state index contributed by atoms with van der Waals surface area (Å²) in [5.41, 5.74) is 4.69. The molecule has 0 saturated heterocycles. The van der Waals surface area contributed by atoms with E-state index < -0.39 is 0 Å². The number of nitrogens with zero attached hydrogens (tertiary/aromatic N) is 2. The number of hydrazone groups is 1. The summed E-state index contributed by atoms with van der Waals surface area (Å²) in [4.78, 5) is 16.8. The molecule has 0 bridgehead atoms. The van der Waals surface area contributed by atoms with Crippen molar-refractivity contribution in [3.05, 3.63) is 64.4 Å². The molecule has 2 aromatic rings. The second-order valence-electron chi connectivity index (χ2n) is 4.70. The van der Waals surface area contributed by atoms with Crippen molar-refractivity contribution in [2.75, 3.05) is 5.75 Å². The zero-order chi connectivity index (χ0) is 16.2. The Hall–Kier alpha value is -1.82. The number of aromatic nitrogens is 1. The van der Waals surface area contributed by atoms with Crippen molar-refractivity contribution in [3.8, 4) is 0 Å². The Labute approximate surface area is 147 Å². The maximum Gasteiger partial charge on any atom is 0.271 e. The number of carbonyl (C=O) groups excluding carboxylic acids is 1. The quantitative estimate of drug-likeness (QED) is 0.656. The first-order valence-corrected chi connectivity index (χ1v) is 8.44. The third kappa shape index (κ3) is 3.75. The van der Waals surface area contributed by atoms with Gasteiger partial charge < -0.3 is 0 Å². The molecule has 1 aliphatic heterocycles. The molecule has 0 radical (unpaired) electrons. The molecule has 0 aliphatic carbocycles. The molecule has 1 aromatic heterocycles. The summed E-state index contributed by atoms with van der Waals surface area (Å²) in [6, 6.07) is 8.85. The molecule has 1 aliphatic rings. The Balaban J connectivity index is 1.75. The van der Waals surface area contributed by atoms with E-state index in [4.69, 9.17) is 23.2 Å². The molecule has 1 amide bonds. The highest BCUT2D eigenvalue weighted by Crippen LogP contribution is 2.39. The van der Waals surface area contributed by atoms with E-state index in [9.17, 15) is 4.79 Å². The Morgan fingerprint density at radius 3 is 2.83 bits per heavy atom. The Kier molecular flexibility index (Phi) is 5.00. The molecule has 116 valence electrons. The molecule has 0 atom stereocenters. The number of benzene rings is 1. The topological polar surface area (TPSA) is 54.4 Å². The number of amides is 1. The lowest BCUT2D eigenvalue weighted by Gasteiger charge is -2.17. The standard InChI is InChI=1S/C16H11Cl2N3OS/c17-12-1-2-14-13(7-12)15(18)11(9-23-14)8-20-21-16(22)10-3-5-19-6-4-10/h1-8H,9H2,(H,21,22)/b20-8+. The third-order valence-corrected chi connectivity index (χ3v) is 4.98.